The maximum absolute atomic E-state index is 4.15. The second-order valence-corrected chi connectivity index (χ2v) is 5.74. The molecule has 5 heteroatoms. The first-order valence-electron chi connectivity index (χ1n) is 4.45. The molecular formula is C8H12BrN3S. The molecule has 1 aliphatic heterocycles. The summed E-state index contributed by atoms with van der Waals surface area (Å²) in [5.41, 5.74) is 0. The van der Waals surface area contributed by atoms with Gasteiger partial charge in [0.15, 0.2) is 0 Å². The van der Waals surface area contributed by atoms with E-state index in [0.717, 1.165) is 23.2 Å². The summed E-state index contributed by atoms with van der Waals surface area (Å²) in [4.78, 5) is 2.93. The van der Waals surface area contributed by atoms with Crippen molar-refractivity contribution >= 4 is 32.4 Å². The van der Waals surface area contributed by atoms with Gasteiger partial charge in [-0.25, -0.2) is 0 Å². The molecule has 0 N–H and O–H groups in total. The number of hydrogen-bond acceptors (Lipinski definition) is 4. The Morgan fingerprint density at radius 1 is 1.54 bits per heavy atom. The molecule has 13 heavy (non-hydrogen) atoms. The molecule has 1 aromatic rings. The van der Waals surface area contributed by atoms with E-state index in [0.29, 0.717) is 4.83 Å². The van der Waals surface area contributed by atoms with Crippen molar-refractivity contribution < 1.29 is 0 Å². The van der Waals surface area contributed by atoms with Crippen LogP contribution in [0.25, 0.3) is 0 Å². The number of alkyl halides is 1. The lowest BCUT2D eigenvalue weighted by Gasteiger charge is -2.29. The molecule has 2 rings (SSSR count). The molecule has 0 spiro atoms. The molecule has 0 amide bonds. The normalized spacial score (nSPS) is 23.5. The smallest absolute Gasteiger partial charge is 0.208 e. The van der Waals surface area contributed by atoms with E-state index in [1.165, 1.54) is 12.8 Å². The van der Waals surface area contributed by atoms with E-state index in [2.05, 4.69) is 31.0 Å². The highest BCUT2D eigenvalue weighted by Gasteiger charge is 2.19. The number of anilines is 1. The molecule has 1 aromatic heterocycles. The lowest BCUT2D eigenvalue weighted by molar-refractivity contribution is 0.593. The fourth-order valence-electron chi connectivity index (χ4n) is 1.51. The van der Waals surface area contributed by atoms with Gasteiger partial charge in [0.25, 0.3) is 0 Å². The highest BCUT2D eigenvalue weighted by atomic mass is 79.9. The molecule has 2 heterocycles. The van der Waals surface area contributed by atoms with Crippen LogP contribution >= 0.6 is 27.3 Å². The van der Waals surface area contributed by atoms with E-state index in [1.54, 1.807) is 11.3 Å². The SMILES string of the molecule is Cc1nnc(N2CCCC(Br)C2)s1. The summed E-state index contributed by atoms with van der Waals surface area (Å²) in [7, 11) is 0. The average molecular weight is 262 g/mol. The summed E-state index contributed by atoms with van der Waals surface area (Å²) in [5.74, 6) is 0. The van der Waals surface area contributed by atoms with E-state index in [4.69, 9.17) is 0 Å². The maximum atomic E-state index is 4.15. The Bertz CT molecular complexity index is 289. The Labute approximate surface area is 90.3 Å². The van der Waals surface area contributed by atoms with E-state index >= 15 is 0 Å². The van der Waals surface area contributed by atoms with Crippen molar-refractivity contribution in [2.75, 3.05) is 18.0 Å². The van der Waals surface area contributed by atoms with Gasteiger partial charge < -0.3 is 4.90 Å². The van der Waals surface area contributed by atoms with Crippen molar-refractivity contribution in [3.05, 3.63) is 5.01 Å². The van der Waals surface area contributed by atoms with Crippen LogP contribution in [0, 0.1) is 6.92 Å². The maximum Gasteiger partial charge on any atom is 0.208 e. The molecule has 1 fully saturated rings. The van der Waals surface area contributed by atoms with Gasteiger partial charge in [-0.15, -0.1) is 10.2 Å². The molecule has 0 bridgehead atoms. The van der Waals surface area contributed by atoms with Crippen LogP contribution in [0.4, 0.5) is 5.13 Å². The van der Waals surface area contributed by atoms with Crippen LogP contribution in [0.2, 0.25) is 0 Å². The van der Waals surface area contributed by atoms with Gasteiger partial charge in [-0.05, 0) is 19.8 Å². The van der Waals surface area contributed by atoms with Gasteiger partial charge in [0.1, 0.15) is 5.01 Å². The zero-order valence-corrected chi connectivity index (χ0v) is 9.94. The Morgan fingerprint density at radius 3 is 3.00 bits per heavy atom. The van der Waals surface area contributed by atoms with Gasteiger partial charge in [-0.1, -0.05) is 27.3 Å². The zero-order chi connectivity index (χ0) is 9.26. The zero-order valence-electron chi connectivity index (χ0n) is 7.53. The van der Waals surface area contributed by atoms with Crippen molar-refractivity contribution in [2.24, 2.45) is 0 Å². The highest BCUT2D eigenvalue weighted by molar-refractivity contribution is 9.09. The van der Waals surface area contributed by atoms with Gasteiger partial charge in [-0.2, -0.15) is 0 Å². The Hall–Kier alpha value is -0.160. The van der Waals surface area contributed by atoms with Crippen LogP contribution in [-0.4, -0.2) is 28.1 Å². The minimum Gasteiger partial charge on any atom is -0.346 e. The summed E-state index contributed by atoms with van der Waals surface area (Å²) in [5, 5.41) is 10.3. The molecule has 1 saturated heterocycles. The van der Waals surface area contributed by atoms with Crippen molar-refractivity contribution in [1.29, 1.82) is 0 Å². The lowest BCUT2D eigenvalue weighted by atomic mass is 10.1. The third-order valence-corrected chi connectivity index (χ3v) is 3.80. The van der Waals surface area contributed by atoms with Crippen LogP contribution in [0.3, 0.4) is 0 Å². The average Bonchev–Trinajstić information content (AvgIpc) is 2.52. The predicted octanol–water partition coefficient (Wildman–Crippen LogP) is 2.21. The topological polar surface area (TPSA) is 29.0 Å². The van der Waals surface area contributed by atoms with Crippen LogP contribution in [-0.2, 0) is 0 Å². The standard InChI is InChI=1S/C8H12BrN3S/c1-6-10-11-8(13-6)12-4-2-3-7(9)5-12/h7H,2-5H2,1H3. The number of piperidine rings is 1. The second-order valence-electron chi connectivity index (χ2n) is 3.29. The van der Waals surface area contributed by atoms with E-state index in [-0.39, 0.29) is 0 Å². The summed E-state index contributed by atoms with van der Waals surface area (Å²) in [6.45, 7) is 4.18. The Balaban J connectivity index is 2.08. The Kier molecular flexibility index (Phi) is 2.83. The third-order valence-electron chi connectivity index (χ3n) is 2.15. The van der Waals surface area contributed by atoms with E-state index in [9.17, 15) is 0 Å². The summed E-state index contributed by atoms with van der Waals surface area (Å²) in [6.07, 6.45) is 2.52. The van der Waals surface area contributed by atoms with Gasteiger partial charge in [-0.3, -0.25) is 0 Å². The van der Waals surface area contributed by atoms with Gasteiger partial charge >= 0.3 is 0 Å². The number of hydrogen-bond donors (Lipinski definition) is 0. The number of aryl methyl sites for hydroxylation is 1. The first kappa shape index (κ1) is 9.40. The number of halogens is 1. The second kappa shape index (κ2) is 3.92. The van der Waals surface area contributed by atoms with Gasteiger partial charge in [0, 0.05) is 17.9 Å². The monoisotopic (exact) mass is 261 g/mol. The molecule has 3 nitrogen and oxygen atoms in total. The first-order chi connectivity index (χ1) is 6.25. The summed E-state index contributed by atoms with van der Waals surface area (Å²) in [6, 6.07) is 0. The molecule has 72 valence electrons. The quantitative estimate of drug-likeness (QED) is 0.726. The molecule has 0 radical (unpaired) electrons. The summed E-state index contributed by atoms with van der Waals surface area (Å²) < 4.78 is 0. The van der Waals surface area contributed by atoms with E-state index < -0.39 is 0 Å². The predicted molar refractivity (Wildman–Crippen MR) is 58.8 cm³/mol. The molecule has 1 unspecified atom stereocenters. The van der Waals surface area contributed by atoms with Crippen molar-refractivity contribution in [3.63, 3.8) is 0 Å². The number of nitrogens with zero attached hydrogens (tertiary/aromatic N) is 3. The summed E-state index contributed by atoms with van der Waals surface area (Å²) >= 11 is 5.33. The van der Waals surface area contributed by atoms with Crippen molar-refractivity contribution in [1.82, 2.24) is 10.2 Å². The van der Waals surface area contributed by atoms with Crippen LogP contribution in [0.5, 0.6) is 0 Å². The van der Waals surface area contributed by atoms with Crippen molar-refractivity contribution in [3.8, 4) is 0 Å². The molecule has 1 aliphatic rings. The molecule has 0 aliphatic carbocycles. The first-order valence-corrected chi connectivity index (χ1v) is 6.18. The Morgan fingerprint density at radius 2 is 2.38 bits per heavy atom. The van der Waals surface area contributed by atoms with Crippen LogP contribution < -0.4 is 4.90 Å². The molecule has 1 atom stereocenters. The fourth-order valence-corrected chi connectivity index (χ4v) is 2.91. The number of aromatic nitrogens is 2. The molecule has 0 saturated carbocycles. The third kappa shape index (κ3) is 2.20. The minimum absolute atomic E-state index is 0.616. The largest absolute Gasteiger partial charge is 0.346 e. The van der Waals surface area contributed by atoms with Crippen molar-refractivity contribution in [2.45, 2.75) is 24.6 Å². The lowest BCUT2D eigenvalue weighted by Crippen LogP contribution is -2.35. The highest BCUT2D eigenvalue weighted by Crippen LogP contribution is 2.25. The van der Waals surface area contributed by atoms with Crippen LogP contribution in [0.15, 0.2) is 0 Å². The van der Waals surface area contributed by atoms with Gasteiger partial charge in [0.2, 0.25) is 5.13 Å². The number of rotatable bonds is 1. The van der Waals surface area contributed by atoms with Crippen LogP contribution in [0.1, 0.15) is 17.8 Å². The van der Waals surface area contributed by atoms with Gasteiger partial charge in [0.05, 0.1) is 0 Å². The minimum atomic E-state index is 0.616. The fraction of sp³-hybridized carbons (Fsp3) is 0.750. The molecule has 0 aromatic carbocycles. The molecular weight excluding hydrogens is 250 g/mol. The van der Waals surface area contributed by atoms with E-state index in [1.807, 2.05) is 6.92 Å².